The molecule has 2 aromatic rings. The Morgan fingerprint density at radius 2 is 2.20 bits per heavy atom. The predicted octanol–water partition coefficient (Wildman–Crippen LogP) is 2.75. The summed E-state index contributed by atoms with van der Waals surface area (Å²) in [6.07, 6.45) is 1.55. The summed E-state index contributed by atoms with van der Waals surface area (Å²) in [5.41, 5.74) is 1.22. The van der Waals surface area contributed by atoms with Gasteiger partial charge in [-0.25, -0.2) is 9.67 Å². The van der Waals surface area contributed by atoms with Crippen LogP contribution >= 0.6 is 15.9 Å². The van der Waals surface area contributed by atoms with Gasteiger partial charge in [-0.15, -0.1) is 0 Å². The second-order valence-corrected chi connectivity index (χ2v) is 5.18. The Hall–Kier alpha value is -1.40. The van der Waals surface area contributed by atoms with Crippen LogP contribution in [0.25, 0.3) is 0 Å². The Morgan fingerprint density at radius 1 is 1.35 bits per heavy atom. The number of nitrogens with zero attached hydrogens (tertiary/aromatic N) is 3. The monoisotopic (exact) mass is 338 g/mol. The summed E-state index contributed by atoms with van der Waals surface area (Å²) in [7, 11) is 0. The number of nitrogens with one attached hydrogen (secondary N) is 1. The topological polar surface area (TPSA) is 52.0 Å². The lowest BCUT2D eigenvalue weighted by Gasteiger charge is -2.10. The van der Waals surface area contributed by atoms with Crippen LogP contribution in [0.2, 0.25) is 0 Å². The van der Waals surface area contributed by atoms with Gasteiger partial charge in [0.15, 0.2) is 5.82 Å². The lowest BCUT2D eigenvalue weighted by atomic mass is 10.2. The van der Waals surface area contributed by atoms with Gasteiger partial charge in [0.1, 0.15) is 18.7 Å². The van der Waals surface area contributed by atoms with Crippen LogP contribution in [-0.4, -0.2) is 21.3 Å². The second-order valence-electron chi connectivity index (χ2n) is 4.33. The second kappa shape index (κ2) is 7.40. The Balaban J connectivity index is 1.99. The van der Waals surface area contributed by atoms with E-state index in [1.54, 1.807) is 6.33 Å². The highest BCUT2D eigenvalue weighted by Gasteiger charge is 2.06. The molecule has 0 bridgehead atoms. The van der Waals surface area contributed by atoms with Gasteiger partial charge in [0, 0.05) is 13.1 Å². The highest BCUT2D eigenvalue weighted by atomic mass is 79.9. The van der Waals surface area contributed by atoms with E-state index in [1.807, 2.05) is 17.7 Å². The van der Waals surface area contributed by atoms with Crippen LogP contribution in [0.4, 0.5) is 0 Å². The lowest BCUT2D eigenvalue weighted by molar-refractivity contribution is 0.285. The van der Waals surface area contributed by atoms with E-state index in [0.717, 1.165) is 35.7 Å². The molecular weight excluding hydrogens is 320 g/mol. The van der Waals surface area contributed by atoms with E-state index in [1.165, 1.54) is 5.56 Å². The fourth-order valence-electron chi connectivity index (χ4n) is 1.85. The van der Waals surface area contributed by atoms with E-state index in [-0.39, 0.29) is 0 Å². The molecule has 0 unspecified atom stereocenters. The van der Waals surface area contributed by atoms with Gasteiger partial charge in [-0.2, -0.15) is 5.10 Å². The molecule has 1 aromatic carbocycles. The van der Waals surface area contributed by atoms with Crippen molar-refractivity contribution in [2.75, 3.05) is 6.54 Å². The van der Waals surface area contributed by atoms with E-state index in [0.29, 0.717) is 6.61 Å². The summed E-state index contributed by atoms with van der Waals surface area (Å²) in [5.74, 6) is 1.65. The predicted molar refractivity (Wildman–Crippen MR) is 81.6 cm³/mol. The number of rotatable bonds is 7. The summed E-state index contributed by atoms with van der Waals surface area (Å²) in [5, 5.41) is 7.42. The average Bonchev–Trinajstić information content (AvgIpc) is 2.91. The first-order valence-electron chi connectivity index (χ1n) is 6.73. The van der Waals surface area contributed by atoms with Crippen LogP contribution in [0.5, 0.6) is 5.75 Å². The average molecular weight is 339 g/mol. The molecule has 0 aliphatic carbocycles. The van der Waals surface area contributed by atoms with Crippen molar-refractivity contribution in [1.29, 1.82) is 0 Å². The van der Waals surface area contributed by atoms with Crippen molar-refractivity contribution in [2.24, 2.45) is 0 Å². The third kappa shape index (κ3) is 3.80. The molecule has 6 heteroatoms. The minimum Gasteiger partial charge on any atom is -0.484 e. The first-order chi connectivity index (χ1) is 9.74. The van der Waals surface area contributed by atoms with Crippen molar-refractivity contribution in [3.8, 4) is 5.75 Å². The van der Waals surface area contributed by atoms with Gasteiger partial charge in [-0.3, -0.25) is 0 Å². The molecule has 108 valence electrons. The van der Waals surface area contributed by atoms with Crippen molar-refractivity contribution in [1.82, 2.24) is 20.1 Å². The van der Waals surface area contributed by atoms with Gasteiger partial charge in [0.05, 0.1) is 4.47 Å². The maximum Gasteiger partial charge on any atom is 0.164 e. The molecule has 0 radical (unpaired) electrons. The molecule has 0 saturated carbocycles. The van der Waals surface area contributed by atoms with Crippen molar-refractivity contribution in [2.45, 2.75) is 33.5 Å². The van der Waals surface area contributed by atoms with Gasteiger partial charge in [-0.1, -0.05) is 13.0 Å². The molecule has 0 aliphatic rings. The SMILES string of the molecule is CCNCc1ccc(OCc2ncnn2CC)c(Br)c1. The molecule has 0 spiro atoms. The van der Waals surface area contributed by atoms with Gasteiger partial charge < -0.3 is 10.1 Å². The zero-order valence-electron chi connectivity index (χ0n) is 11.8. The molecular formula is C14H19BrN4O. The maximum absolute atomic E-state index is 5.79. The standard InChI is InChI=1S/C14H19BrN4O/c1-3-16-8-11-5-6-13(12(15)7-11)20-9-14-17-10-18-19(14)4-2/h5-7,10,16H,3-4,8-9H2,1-2H3. The van der Waals surface area contributed by atoms with Crippen molar-refractivity contribution in [3.63, 3.8) is 0 Å². The van der Waals surface area contributed by atoms with Crippen LogP contribution in [0.15, 0.2) is 29.0 Å². The summed E-state index contributed by atoms with van der Waals surface area (Å²) >= 11 is 3.54. The molecule has 1 aromatic heterocycles. The minimum atomic E-state index is 0.416. The molecule has 0 fully saturated rings. The largest absolute Gasteiger partial charge is 0.484 e. The number of halogens is 1. The summed E-state index contributed by atoms with van der Waals surface area (Å²) < 4.78 is 8.57. The third-order valence-corrected chi connectivity index (χ3v) is 3.55. The zero-order chi connectivity index (χ0) is 14.4. The molecule has 2 rings (SSSR count). The zero-order valence-corrected chi connectivity index (χ0v) is 13.4. The molecule has 0 atom stereocenters. The van der Waals surface area contributed by atoms with Crippen LogP contribution in [-0.2, 0) is 19.7 Å². The van der Waals surface area contributed by atoms with Crippen LogP contribution < -0.4 is 10.1 Å². The Labute approximate surface area is 127 Å². The van der Waals surface area contributed by atoms with Crippen molar-refractivity contribution >= 4 is 15.9 Å². The lowest BCUT2D eigenvalue weighted by Crippen LogP contribution is -2.11. The Morgan fingerprint density at radius 3 is 2.90 bits per heavy atom. The molecule has 0 saturated heterocycles. The summed E-state index contributed by atoms with van der Waals surface area (Å²) in [6, 6.07) is 6.11. The summed E-state index contributed by atoms with van der Waals surface area (Å²) in [6.45, 7) is 7.16. The van der Waals surface area contributed by atoms with Crippen LogP contribution in [0.1, 0.15) is 25.2 Å². The smallest absolute Gasteiger partial charge is 0.164 e. The fraction of sp³-hybridized carbons (Fsp3) is 0.429. The quantitative estimate of drug-likeness (QED) is 0.843. The van der Waals surface area contributed by atoms with E-state index >= 15 is 0 Å². The van der Waals surface area contributed by atoms with Gasteiger partial charge in [-0.05, 0) is 47.1 Å². The Bertz CT molecular complexity index is 556. The number of aryl methyl sites for hydroxylation is 1. The van der Waals surface area contributed by atoms with Gasteiger partial charge in [0.25, 0.3) is 0 Å². The number of aromatic nitrogens is 3. The normalized spacial score (nSPS) is 10.8. The maximum atomic E-state index is 5.79. The molecule has 0 aliphatic heterocycles. The molecule has 1 heterocycles. The van der Waals surface area contributed by atoms with Gasteiger partial charge >= 0.3 is 0 Å². The minimum absolute atomic E-state index is 0.416. The number of hydrogen-bond donors (Lipinski definition) is 1. The van der Waals surface area contributed by atoms with Crippen LogP contribution in [0.3, 0.4) is 0 Å². The van der Waals surface area contributed by atoms with Gasteiger partial charge in [0.2, 0.25) is 0 Å². The van der Waals surface area contributed by atoms with Crippen molar-refractivity contribution in [3.05, 3.63) is 40.4 Å². The molecule has 5 nitrogen and oxygen atoms in total. The van der Waals surface area contributed by atoms with E-state index < -0.39 is 0 Å². The van der Waals surface area contributed by atoms with E-state index in [4.69, 9.17) is 4.74 Å². The fourth-order valence-corrected chi connectivity index (χ4v) is 2.39. The Kier molecular flexibility index (Phi) is 5.55. The highest BCUT2D eigenvalue weighted by molar-refractivity contribution is 9.10. The van der Waals surface area contributed by atoms with Crippen LogP contribution in [0, 0.1) is 0 Å². The number of benzene rings is 1. The third-order valence-electron chi connectivity index (χ3n) is 2.93. The summed E-state index contributed by atoms with van der Waals surface area (Å²) in [4.78, 5) is 4.19. The number of hydrogen-bond acceptors (Lipinski definition) is 4. The highest BCUT2D eigenvalue weighted by Crippen LogP contribution is 2.26. The first kappa shape index (κ1) is 15.0. The first-order valence-corrected chi connectivity index (χ1v) is 7.52. The van der Waals surface area contributed by atoms with Crippen molar-refractivity contribution < 1.29 is 4.74 Å². The van der Waals surface area contributed by atoms with E-state index in [2.05, 4.69) is 50.4 Å². The molecule has 0 amide bonds. The molecule has 20 heavy (non-hydrogen) atoms. The van der Waals surface area contributed by atoms with E-state index in [9.17, 15) is 0 Å². The number of ether oxygens (including phenoxy) is 1. The molecule has 1 N–H and O–H groups in total.